The molecule has 1 radical (unpaired) electrons. The van der Waals surface area contributed by atoms with Gasteiger partial charge in [-0.3, -0.25) is 5.32 Å². The van der Waals surface area contributed by atoms with Crippen LogP contribution in [0.2, 0.25) is 5.02 Å². The highest BCUT2D eigenvalue weighted by Gasteiger charge is 2.02. The van der Waals surface area contributed by atoms with Crippen molar-refractivity contribution in [1.82, 2.24) is 0 Å². The highest BCUT2D eigenvalue weighted by molar-refractivity contribution is 6.33. The second kappa shape index (κ2) is 3.97. The summed E-state index contributed by atoms with van der Waals surface area (Å²) in [6.07, 6.45) is -0.636. The van der Waals surface area contributed by atoms with E-state index < -0.39 is 6.09 Å². The van der Waals surface area contributed by atoms with Gasteiger partial charge in [0.05, 0.1) is 10.7 Å². The minimum Gasteiger partial charge on any atom is -0.446 e. The van der Waals surface area contributed by atoms with Crippen LogP contribution in [0, 0.1) is 7.11 Å². The molecule has 0 aromatic heterocycles. The number of carbonyl (C=O) groups is 1. The summed E-state index contributed by atoms with van der Waals surface area (Å²) in [5.41, 5.74) is 0.507. The summed E-state index contributed by atoms with van der Waals surface area (Å²) >= 11 is 5.73. The molecule has 0 aliphatic rings. The molecule has 0 aliphatic heterocycles. The second-order valence-corrected chi connectivity index (χ2v) is 2.44. The van der Waals surface area contributed by atoms with E-state index in [1.807, 2.05) is 0 Å². The average molecular weight is 185 g/mol. The fourth-order valence-electron chi connectivity index (χ4n) is 0.709. The van der Waals surface area contributed by atoms with Crippen LogP contribution >= 0.6 is 11.6 Å². The lowest BCUT2D eigenvalue weighted by Crippen LogP contribution is -2.09. The Morgan fingerprint density at radius 2 is 2.17 bits per heavy atom. The van der Waals surface area contributed by atoms with Crippen molar-refractivity contribution in [3.05, 3.63) is 36.4 Å². The number of amides is 1. The van der Waals surface area contributed by atoms with Crippen LogP contribution in [0.3, 0.4) is 0 Å². The van der Waals surface area contributed by atoms with Gasteiger partial charge in [0.1, 0.15) is 7.11 Å². The predicted molar refractivity (Wildman–Crippen MR) is 46.9 cm³/mol. The second-order valence-electron chi connectivity index (χ2n) is 2.04. The van der Waals surface area contributed by atoms with Crippen molar-refractivity contribution in [2.24, 2.45) is 0 Å². The van der Waals surface area contributed by atoms with Gasteiger partial charge in [-0.1, -0.05) is 23.7 Å². The molecule has 0 fully saturated rings. The molecule has 12 heavy (non-hydrogen) atoms. The van der Waals surface area contributed by atoms with Crippen molar-refractivity contribution >= 4 is 23.4 Å². The largest absolute Gasteiger partial charge is 0.446 e. The van der Waals surface area contributed by atoms with E-state index >= 15 is 0 Å². The molecule has 1 rings (SSSR count). The quantitative estimate of drug-likeness (QED) is 0.729. The Balaban J connectivity index is 2.75. The first kappa shape index (κ1) is 8.87. The predicted octanol–water partition coefficient (Wildman–Crippen LogP) is 2.68. The van der Waals surface area contributed by atoms with Crippen molar-refractivity contribution in [2.75, 3.05) is 5.32 Å². The van der Waals surface area contributed by atoms with Crippen molar-refractivity contribution < 1.29 is 9.53 Å². The van der Waals surface area contributed by atoms with Crippen LogP contribution in [-0.2, 0) is 4.74 Å². The third-order valence-corrected chi connectivity index (χ3v) is 1.57. The first-order valence-electron chi connectivity index (χ1n) is 3.21. The summed E-state index contributed by atoms with van der Waals surface area (Å²) in [7, 11) is 2.96. The van der Waals surface area contributed by atoms with Crippen molar-refractivity contribution in [2.45, 2.75) is 0 Å². The van der Waals surface area contributed by atoms with Gasteiger partial charge >= 0.3 is 6.09 Å². The Bertz CT molecular complexity index is 288. The smallest absolute Gasteiger partial charge is 0.411 e. The van der Waals surface area contributed by atoms with Gasteiger partial charge in [0.2, 0.25) is 0 Å². The highest BCUT2D eigenvalue weighted by atomic mass is 35.5. The number of anilines is 1. The summed E-state index contributed by atoms with van der Waals surface area (Å²) in [6.45, 7) is 0. The van der Waals surface area contributed by atoms with Crippen LogP contribution in [0.5, 0.6) is 0 Å². The molecule has 0 unspecified atom stereocenters. The number of nitrogens with one attached hydrogen (secondary N) is 1. The molecule has 0 aliphatic carbocycles. The third kappa shape index (κ3) is 2.13. The maximum atomic E-state index is 10.7. The van der Waals surface area contributed by atoms with Gasteiger partial charge in [-0.2, -0.15) is 0 Å². The summed E-state index contributed by atoms with van der Waals surface area (Å²) < 4.78 is 4.15. The Morgan fingerprint density at radius 1 is 1.50 bits per heavy atom. The van der Waals surface area contributed by atoms with Gasteiger partial charge in [0.15, 0.2) is 0 Å². The lowest BCUT2D eigenvalue weighted by Gasteiger charge is -2.03. The third-order valence-electron chi connectivity index (χ3n) is 1.24. The van der Waals surface area contributed by atoms with Gasteiger partial charge in [-0.15, -0.1) is 0 Å². The zero-order valence-corrected chi connectivity index (χ0v) is 6.97. The van der Waals surface area contributed by atoms with E-state index in [4.69, 9.17) is 11.6 Å². The molecule has 0 atom stereocenters. The Kier molecular flexibility index (Phi) is 2.94. The van der Waals surface area contributed by atoms with Crippen LogP contribution in [0.4, 0.5) is 10.5 Å². The SMILES string of the molecule is [CH2]OC(=O)Nc1ccccc1Cl. The number of para-hydroxylation sites is 1. The number of benzene rings is 1. The molecular formula is C8H7ClNO2. The topological polar surface area (TPSA) is 38.3 Å². The summed E-state index contributed by atoms with van der Waals surface area (Å²) in [5, 5.41) is 2.87. The van der Waals surface area contributed by atoms with Crippen LogP contribution in [0.15, 0.2) is 24.3 Å². The Labute approximate surface area is 75.3 Å². The fourth-order valence-corrected chi connectivity index (χ4v) is 0.892. The van der Waals surface area contributed by atoms with Gasteiger partial charge in [-0.05, 0) is 12.1 Å². The zero-order chi connectivity index (χ0) is 8.97. The summed E-state index contributed by atoms with van der Waals surface area (Å²) in [5.74, 6) is 0. The van der Waals surface area contributed by atoms with Gasteiger partial charge in [0.25, 0.3) is 0 Å². The van der Waals surface area contributed by atoms with E-state index in [0.717, 1.165) is 0 Å². The molecule has 1 aromatic rings. The molecule has 1 aromatic carbocycles. The summed E-state index contributed by atoms with van der Waals surface area (Å²) in [6, 6.07) is 6.85. The zero-order valence-electron chi connectivity index (χ0n) is 6.21. The minimum absolute atomic E-state index is 0.461. The molecule has 0 heterocycles. The number of halogens is 1. The van der Waals surface area contributed by atoms with Crippen LogP contribution in [-0.4, -0.2) is 6.09 Å². The van der Waals surface area contributed by atoms with E-state index in [2.05, 4.69) is 17.2 Å². The summed E-state index contributed by atoms with van der Waals surface area (Å²) in [4.78, 5) is 10.7. The standard InChI is InChI=1S/C8H7ClNO2/c1-12-8(11)10-7-5-3-2-4-6(7)9/h2-5H,1H2,(H,10,11). The molecule has 1 amide bonds. The van der Waals surface area contributed by atoms with Gasteiger partial charge in [-0.25, -0.2) is 4.79 Å². The Morgan fingerprint density at radius 3 is 2.75 bits per heavy atom. The lowest BCUT2D eigenvalue weighted by atomic mass is 10.3. The minimum atomic E-state index is -0.636. The van der Waals surface area contributed by atoms with E-state index in [1.54, 1.807) is 24.3 Å². The molecule has 1 N–H and O–H groups in total. The van der Waals surface area contributed by atoms with E-state index in [0.29, 0.717) is 10.7 Å². The molecule has 0 spiro atoms. The maximum Gasteiger partial charge on any atom is 0.411 e. The maximum absolute atomic E-state index is 10.7. The van der Waals surface area contributed by atoms with Crippen molar-refractivity contribution in [1.29, 1.82) is 0 Å². The molecule has 0 bridgehead atoms. The molecular weight excluding hydrogens is 178 g/mol. The van der Waals surface area contributed by atoms with Crippen LogP contribution in [0.25, 0.3) is 0 Å². The van der Waals surface area contributed by atoms with Gasteiger partial charge in [0, 0.05) is 0 Å². The normalized spacial score (nSPS) is 9.17. The number of hydrogen-bond donors (Lipinski definition) is 1. The molecule has 63 valence electrons. The van der Waals surface area contributed by atoms with Crippen LogP contribution in [0.1, 0.15) is 0 Å². The highest BCUT2D eigenvalue weighted by Crippen LogP contribution is 2.20. The van der Waals surface area contributed by atoms with Crippen molar-refractivity contribution in [3.8, 4) is 0 Å². The fraction of sp³-hybridized carbons (Fsp3) is 0. The number of hydrogen-bond acceptors (Lipinski definition) is 2. The Hall–Kier alpha value is -1.22. The first-order chi connectivity index (χ1) is 5.74. The lowest BCUT2D eigenvalue weighted by molar-refractivity contribution is 0.199. The first-order valence-corrected chi connectivity index (χ1v) is 3.59. The van der Waals surface area contributed by atoms with E-state index in [-0.39, 0.29) is 0 Å². The molecule has 0 saturated carbocycles. The average Bonchev–Trinajstić information content (AvgIpc) is 2.09. The van der Waals surface area contributed by atoms with E-state index in [1.165, 1.54) is 0 Å². The number of carbonyl (C=O) groups excluding carboxylic acids is 1. The van der Waals surface area contributed by atoms with Crippen molar-refractivity contribution in [3.63, 3.8) is 0 Å². The van der Waals surface area contributed by atoms with E-state index in [9.17, 15) is 4.79 Å². The number of rotatable bonds is 1. The monoisotopic (exact) mass is 184 g/mol. The number of ether oxygens (including phenoxy) is 1. The molecule has 3 nitrogen and oxygen atoms in total. The van der Waals surface area contributed by atoms with Crippen LogP contribution < -0.4 is 5.32 Å². The molecule has 0 saturated heterocycles. The van der Waals surface area contributed by atoms with Gasteiger partial charge < -0.3 is 4.74 Å². The molecule has 4 heteroatoms.